The molecule has 8 heteroatoms. The smallest absolute Gasteiger partial charge is 0.301 e. The lowest BCUT2D eigenvalue weighted by atomic mass is 10.2. The van der Waals surface area contributed by atoms with Gasteiger partial charge < -0.3 is 11.5 Å². The quantitative estimate of drug-likeness (QED) is 0.639. The number of hydrogen-bond donors (Lipinski definition) is 3. The van der Waals surface area contributed by atoms with Gasteiger partial charge in [-0.2, -0.15) is 12.7 Å². The van der Waals surface area contributed by atoms with Gasteiger partial charge in [-0.3, -0.25) is 9.52 Å². The van der Waals surface area contributed by atoms with Crippen LogP contribution in [0.25, 0.3) is 0 Å². The highest BCUT2D eigenvalue weighted by Crippen LogP contribution is 2.13. The second-order valence-electron chi connectivity index (χ2n) is 4.02. The van der Waals surface area contributed by atoms with Gasteiger partial charge in [0.25, 0.3) is 0 Å². The molecule has 5 N–H and O–H groups in total. The third-order valence-corrected chi connectivity index (χ3v) is 3.98. The summed E-state index contributed by atoms with van der Waals surface area (Å²) in [4.78, 5) is 11.0. The average Bonchev–Trinajstić information content (AvgIpc) is 2.35. The number of nitrogens with one attached hydrogen (secondary N) is 1. The van der Waals surface area contributed by atoms with E-state index in [0.717, 1.165) is 4.31 Å². The van der Waals surface area contributed by atoms with Crippen LogP contribution in [0.1, 0.15) is 16.8 Å². The van der Waals surface area contributed by atoms with Gasteiger partial charge in [0.05, 0.1) is 5.69 Å². The number of carbonyl (C=O) groups is 1. The van der Waals surface area contributed by atoms with Gasteiger partial charge in [0.1, 0.15) is 0 Å². The van der Waals surface area contributed by atoms with Crippen LogP contribution in [0.3, 0.4) is 0 Å². The lowest BCUT2D eigenvalue weighted by Crippen LogP contribution is -2.34. The first-order chi connectivity index (χ1) is 8.86. The van der Waals surface area contributed by atoms with Crippen molar-refractivity contribution in [1.29, 1.82) is 0 Å². The molecule has 0 heterocycles. The Hall–Kier alpha value is -1.64. The van der Waals surface area contributed by atoms with Crippen molar-refractivity contribution >= 4 is 21.8 Å². The van der Waals surface area contributed by atoms with E-state index in [2.05, 4.69) is 4.72 Å². The predicted molar refractivity (Wildman–Crippen MR) is 73.8 cm³/mol. The van der Waals surface area contributed by atoms with E-state index < -0.39 is 16.1 Å². The summed E-state index contributed by atoms with van der Waals surface area (Å²) in [5.74, 6) is -0.613. The summed E-state index contributed by atoms with van der Waals surface area (Å²) in [5.41, 5.74) is 11.0. The van der Waals surface area contributed by atoms with Gasteiger partial charge in [-0.25, -0.2) is 0 Å². The van der Waals surface area contributed by atoms with E-state index in [1.54, 1.807) is 12.1 Å². The Balaban J connectivity index is 2.83. The highest BCUT2D eigenvalue weighted by molar-refractivity contribution is 7.90. The number of benzene rings is 1. The van der Waals surface area contributed by atoms with Gasteiger partial charge in [-0.1, -0.05) is 6.07 Å². The maximum Gasteiger partial charge on any atom is 0.301 e. The minimum absolute atomic E-state index is 0.241. The molecule has 7 nitrogen and oxygen atoms in total. The molecule has 0 aliphatic heterocycles. The Morgan fingerprint density at radius 2 is 2.11 bits per heavy atom. The number of anilines is 1. The number of hydrogen-bond acceptors (Lipinski definition) is 4. The molecule has 0 bridgehead atoms. The van der Waals surface area contributed by atoms with Crippen LogP contribution in [0.15, 0.2) is 24.3 Å². The first kappa shape index (κ1) is 15.4. The van der Waals surface area contributed by atoms with Crippen LogP contribution < -0.4 is 16.2 Å². The molecule has 106 valence electrons. The van der Waals surface area contributed by atoms with Crippen molar-refractivity contribution in [2.75, 3.05) is 24.9 Å². The molecule has 1 rings (SSSR count). The lowest BCUT2D eigenvalue weighted by molar-refractivity contribution is 0.100. The molecule has 0 spiro atoms. The fraction of sp³-hybridized carbons (Fsp3) is 0.364. The molecule has 1 aromatic carbocycles. The van der Waals surface area contributed by atoms with E-state index in [1.165, 1.54) is 19.2 Å². The highest BCUT2D eigenvalue weighted by Gasteiger charge is 2.17. The topological polar surface area (TPSA) is 119 Å². The number of nitrogens with zero attached hydrogens (tertiary/aromatic N) is 1. The van der Waals surface area contributed by atoms with E-state index in [9.17, 15) is 13.2 Å². The van der Waals surface area contributed by atoms with Crippen LogP contribution in [0.4, 0.5) is 5.69 Å². The summed E-state index contributed by atoms with van der Waals surface area (Å²) < 4.78 is 27.4. The number of rotatable bonds is 7. The van der Waals surface area contributed by atoms with Crippen LogP contribution in [-0.2, 0) is 10.2 Å². The molecular weight excluding hydrogens is 268 g/mol. The average molecular weight is 286 g/mol. The summed E-state index contributed by atoms with van der Waals surface area (Å²) in [5, 5.41) is 0. The van der Waals surface area contributed by atoms with E-state index >= 15 is 0 Å². The molecule has 0 aliphatic rings. The maximum atomic E-state index is 11.9. The second-order valence-corrected chi connectivity index (χ2v) is 5.79. The Kier molecular flexibility index (Phi) is 5.28. The Labute approximate surface area is 112 Å². The third-order valence-electron chi connectivity index (χ3n) is 2.48. The van der Waals surface area contributed by atoms with E-state index in [0.29, 0.717) is 19.5 Å². The van der Waals surface area contributed by atoms with E-state index in [4.69, 9.17) is 11.5 Å². The fourth-order valence-electron chi connectivity index (χ4n) is 1.40. The summed E-state index contributed by atoms with van der Waals surface area (Å²) in [6.45, 7) is 0.734. The van der Waals surface area contributed by atoms with Crippen molar-refractivity contribution < 1.29 is 13.2 Å². The number of amides is 1. The highest BCUT2D eigenvalue weighted by atomic mass is 32.2. The van der Waals surface area contributed by atoms with Crippen LogP contribution >= 0.6 is 0 Å². The summed E-state index contributed by atoms with van der Waals surface area (Å²) in [7, 11) is -2.20. The first-order valence-electron chi connectivity index (χ1n) is 5.71. The van der Waals surface area contributed by atoms with Crippen molar-refractivity contribution in [3.05, 3.63) is 29.8 Å². The standard InChI is InChI=1S/C11H18N4O3S/c1-15(7-3-6-12)19(17,18)14-10-5-2-4-9(8-10)11(13)16/h2,4-5,8,14H,3,6-7,12H2,1H3,(H2,13,16). The molecule has 0 saturated carbocycles. The monoisotopic (exact) mass is 286 g/mol. The lowest BCUT2D eigenvalue weighted by Gasteiger charge is -2.18. The molecule has 0 aromatic heterocycles. The van der Waals surface area contributed by atoms with Crippen molar-refractivity contribution in [1.82, 2.24) is 4.31 Å². The van der Waals surface area contributed by atoms with Gasteiger partial charge in [-0.15, -0.1) is 0 Å². The molecule has 0 saturated heterocycles. The summed E-state index contributed by atoms with van der Waals surface area (Å²) in [6.07, 6.45) is 0.568. The molecule has 1 amide bonds. The molecule has 0 radical (unpaired) electrons. The van der Waals surface area contributed by atoms with Gasteiger partial charge in [0.2, 0.25) is 5.91 Å². The molecule has 0 unspecified atom stereocenters. The SMILES string of the molecule is CN(CCCN)S(=O)(=O)Nc1cccc(C(N)=O)c1. The molecule has 0 atom stereocenters. The Morgan fingerprint density at radius 3 is 2.68 bits per heavy atom. The number of primary amides is 1. The minimum atomic E-state index is -3.65. The maximum absolute atomic E-state index is 11.9. The van der Waals surface area contributed by atoms with Crippen LogP contribution in [0, 0.1) is 0 Å². The van der Waals surface area contributed by atoms with Crippen molar-refractivity contribution in [3.8, 4) is 0 Å². The Bertz CT molecular complexity index is 545. The largest absolute Gasteiger partial charge is 0.366 e. The molecule has 19 heavy (non-hydrogen) atoms. The second kappa shape index (κ2) is 6.50. The fourth-order valence-corrected chi connectivity index (χ4v) is 2.35. The Morgan fingerprint density at radius 1 is 1.42 bits per heavy atom. The van der Waals surface area contributed by atoms with Crippen LogP contribution in [-0.4, -0.2) is 38.8 Å². The number of carbonyl (C=O) groups excluding carboxylic acids is 1. The van der Waals surface area contributed by atoms with Crippen molar-refractivity contribution in [2.24, 2.45) is 11.5 Å². The van der Waals surface area contributed by atoms with Gasteiger partial charge in [0, 0.05) is 19.2 Å². The zero-order valence-electron chi connectivity index (χ0n) is 10.7. The van der Waals surface area contributed by atoms with Crippen molar-refractivity contribution in [2.45, 2.75) is 6.42 Å². The van der Waals surface area contributed by atoms with Crippen molar-refractivity contribution in [3.63, 3.8) is 0 Å². The van der Waals surface area contributed by atoms with E-state index in [1.807, 2.05) is 0 Å². The minimum Gasteiger partial charge on any atom is -0.366 e. The van der Waals surface area contributed by atoms with E-state index in [-0.39, 0.29) is 11.3 Å². The van der Waals surface area contributed by atoms with Crippen LogP contribution in [0.5, 0.6) is 0 Å². The molecule has 0 fully saturated rings. The zero-order valence-corrected chi connectivity index (χ0v) is 11.5. The van der Waals surface area contributed by atoms with Gasteiger partial charge in [-0.05, 0) is 31.2 Å². The summed E-state index contributed by atoms with van der Waals surface area (Å²) >= 11 is 0. The zero-order chi connectivity index (χ0) is 14.5. The molecule has 1 aromatic rings. The third kappa shape index (κ3) is 4.51. The normalized spacial score (nSPS) is 11.5. The predicted octanol–water partition coefficient (Wildman–Crippen LogP) is -0.277. The summed E-state index contributed by atoms with van der Waals surface area (Å²) in [6, 6.07) is 5.99. The van der Waals surface area contributed by atoms with Crippen LogP contribution in [0.2, 0.25) is 0 Å². The molecular formula is C11H18N4O3S. The first-order valence-corrected chi connectivity index (χ1v) is 7.15. The molecule has 0 aliphatic carbocycles. The van der Waals surface area contributed by atoms with Gasteiger partial charge >= 0.3 is 10.2 Å². The number of nitrogens with two attached hydrogens (primary N) is 2. The van der Waals surface area contributed by atoms with Gasteiger partial charge in [0.15, 0.2) is 0 Å².